The Hall–Kier alpha value is -3.15. The number of pyridine rings is 1. The highest BCUT2D eigenvalue weighted by molar-refractivity contribution is 6.08. The van der Waals surface area contributed by atoms with Crippen LogP contribution in [-0.4, -0.2) is 45.7 Å². The van der Waals surface area contributed by atoms with E-state index >= 15 is 0 Å². The number of likely N-dealkylation sites (tertiary alicyclic amines) is 1. The largest absolute Gasteiger partial charge is 0.337 e. The number of amides is 2. The second-order valence-corrected chi connectivity index (χ2v) is 7.78. The van der Waals surface area contributed by atoms with E-state index in [0.717, 1.165) is 50.9 Å². The quantitative estimate of drug-likeness (QED) is 0.675. The summed E-state index contributed by atoms with van der Waals surface area (Å²) in [6, 6.07) is 13.6. The maximum Gasteiger partial charge on any atom is 0.294 e. The molecule has 0 aliphatic carbocycles. The lowest BCUT2D eigenvalue weighted by Crippen LogP contribution is -2.32. The molecule has 6 heteroatoms. The van der Waals surface area contributed by atoms with E-state index in [2.05, 4.69) is 11.1 Å². The van der Waals surface area contributed by atoms with Crippen LogP contribution in [0.4, 0.5) is 5.69 Å². The Morgan fingerprint density at radius 2 is 1.59 bits per heavy atom. The van der Waals surface area contributed by atoms with Gasteiger partial charge in [-0.25, -0.2) is 4.98 Å². The fourth-order valence-electron chi connectivity index (χ4n) is 4.44. The van der Waals surface area contributed by atoms with Crippen LogP contribution in [0.1, 0.15) is 52.4 Å². The minimum Gasteiger partial charge on any atom is -0.337 e. The molecule has 2 aliphatic heterocycles. The number of benzene rings is 1. The van der Waals surface area contributed by atoms with Crippen LogP contribution in [0.3, 0.4) is 0 Å². The van der Waals surface area contributed by atoms with Crippen LogP contribution in [0.15, 0.2) is 48.7 Å². The van der Waals surface area contributed by atoms with Crippen LogP contribution >= 0.6 is 0 Å². The van der Waals surface area contributed by atoms with Crippen LogP contribution in [-0.2, 0) is 6.42 Å². The minimum absolute atomic E-state index is 0.0727. The molecule has 1 fully saturated rings. The highest BCUT2D eigenvalue weighted by Gasteiger charge is 2.31. The molecule has 0 bridgehead atoms. The van der Waals surface area contributed by atoms with Crippen molar-refractivity contribution in [3.05, 3.63) is 65.7 Å². The summed E-state index contributed by atoms with van der Waals surface area (Å²) >= 11 is 0. The summed E-state index contributed by atoms with van der Waals surface area (Å²) in [5, 5.41) is 0. The molecule has 4 heterocycles. The molecule has 0 unspecified atom stereocenters. The third-order valence-electron chi connectivity index (χ3n) is 5.97. The lowest BCUT2D eigenvalue weighted by molar-refractivity contribution is 0.0758. The molecule has 2 aliphatic rings. The molecule has 1 saturated heterocycles. The van der Waals surface area contributed by atoms with Crippen LogP contribution in [0.2, 0.25) is 0 Å². The summed E-state index contributed by atoms with van der Waals surface area (Å²) in [6.45, 7) is 2.15. The molecule has 148 valence electrons. The predicted octanol–water partition coefficient (Wildman–Crippen LogP) is 3.55. The average molecular weight is 388 g/mol. The number of carbonyl (C=O) groups excluding carboxylic acids is 2. The van der Waals surface area contributed by atoms with Crippen molar-refractivity contribution in [3.63, 3.8) is 0 Å². The van der Waals surface area contributed by atoms with Crippen LogP contribution in [0.5, 0.6) is 0 Å². The first kappa shape index (κ1) is 17.9. The zero-order chi connectivity index (χ0) is 19.8. The van der Waals surface area contributed by atoms with Gasteiger partial charge >= 0.3 is 0 Å². The fourth-order valence-corrected chi connectivity index (χ4v) is 4.44. The van der Waals surface area contributed by atoms with Crippen molar-refractivity contribution in [3.8, 4) is 0 Å². The highest BCUT2D eigenvalue weighted by atomic mass is 16.2. The molecule has 6 nitrogen and oxygen atoms in total. The van der Waals surface area contributed by atoms with E-state index in [1.54, 1.807) is 9.30 Å². The van der Waals surface area contributed by atoms with Gasteiger partial charge in [0, 0.05) is 31.5 Å². The van der Waals surface area contributed by atoms with Gasteiger partial charge < -0.3 is 9.80 Å². The van der Waals surface area contributed by atoms with E-state index in [-0.39, 0.29) is 11.8 Å². The Morgan fingerprint density at radius 3 is 2.41 bits per heavy atom. The van der Waals surface area contributed by atoms with Gasteiger partial charge in [0.25, 0.3) is 11.8 Å². The standard InChI is InChI=1S/C23H24N4O2/c28-22(25-13-6-1-2-7-14-25)20-19-11-5-8-15-26(19)21(24-20)23(29)27-16-12-17-9-3-4-10-18(17)27/h3-5,8-11,15H,1-2,6-7,12-14,16H2. The van der Waals surface area contributed by atoms with E-state index in [1.807, 2.05) is 47.5 Å². The first-order chi connectivity index (χ1) is 14.2. The maximum atomic E-state index is 13.4. The van der Waals surface area contributed by atoms with Crippen molar-refractivity contribution >= 4 is 23.0 Å². The number of rotatable bonds is 2. The highest BCUT2D eigenvalue weighted by Crippen LogP contribution is 2.29. The first-order valence-corrected chi connectivity index (χ1v) is 10.4. The monoisotopic (exact) mass is 388 g/mol. The minimum atomic E-state index is -0.161. The number of hydrogen-bond acceptors (Lipinski definition) is 3. The topological polar surface area (TPSA) is 57.9 Å². The van der Waals surface area contributed by atoms with Crippen molar-refractivity contribution < 1.29 is 9.59 Å². The van der Waals surface area contributed by atoms with Gasteiger partial charge in [-0.2, -0.15) is 0 Å². The number of aromatic nitrogens is 2. The summed E-state index contributed by atoms with van der Waals surface area (Å²) in [4.78, 5) is 34.9. The molecule has 2 amide bonds. The molecule has 5 rings (SSSR count). The number of anilines is 1. The van der Waals surface area contributed by atoms with E-state index in [0.29, 0.717) is 23.6 Å². The molecule has 1 aromatic carbocycles. The summed E-state index contributed by atoms with van der Waals surface area (Å²) in [7, 11) is 0. The van der Waals surface area contributed by atoms with Gasteiger partial charge in [0.05, 0.1) is 5.52 Å². The predicted molar refractivity (Wildman–Crippen MR) is 111 cm³/mol. The number of imidazole rings is 1. The number of para-hydroxylation sites is 1. The van der Waals surface area contributed by atoms with E-state index in [1.165, 1.54) is 5.56 Å². The molecule has 0 atom stereocenters. The molecule has 0 spiro atoms. The maximum absolute atomic E-state index is 13.4. The molecule has 29 heavy (non-hydrogen) atoms. The molecule has 3 aromatic rings. The second kappa shape index (κ2) is 7.35. The van der Waals surface area contributed by atoms with E-state index < -0.39 is 0 Å². The van der Waals surface area contributed by atoms with Crippen molar-refractivity contribution in [2.24, 2.45) is 0 Å². The summed E-state index contributed by atoms with van der Waals surface area (Å²) in [5.74, 6) is 0.0676. The van der Waals surface area contributed by atoms with Crippen LogP contribution in [0, 0.1) is 0 Å². The number of nitrogens with zero attached hydrogens (tertiary/aromatic N) is 4. The Balaban J connectivity index is 1.54. The number of hydrogen-bond donors (Lipinski definition) is 0. The van der Waals surface area contributed by atoms with Crippen LogP contribution < -0.4 is 4.90 Å². The number of carbonyl (C=O) groups is 2. The first-order valence-electron chi connectivity index (χ1n) is 10.4. The molecule has 0 radical (unpaired) electrons. The SMILES string of the molecule is O=C(c1nc(C(=O)N2CCc3ccccc32)n2ccccc12)N1CCCCCC1. The molecular weight excluding hydrogens is 364 g/mol. The third kappa shape index (κ3) is 3.09. The van der Waals surface area contributed by atoms with Crippen molar-refractivity contribution in [1.82, 2.24) is 14.3 Å². The zero-order valence-corrected chi connectivity index (χ0v) is 16.4. The van der Waals surface area contributed by atoms with Gasteiger partial charge in [0.15, 0.2) is 5.69 Å². The van der Waals surface area contributed by atoms with E-state index in [9.17, 15) is 9.59 Å². The fraction of sp³-hybridized carbons (Fsp3) is 0.348. The van der Waals surface area contributed by atoms with Crippen molar-refractivity contribution in [1.29, 1.82) is 0 Å². The number of fused-ring (bicyclic) bond motifs is 2. The van der Waals surface area contributed by atoms with Gasteiger partial charge in [0.1, 0.15) is 0 Å². The van der Waals surface area contributed by atoms with Gasteiger partial charge in [-0.15, -0.1) is 0 Å². The molecule has 0 saturated carbocycles. The van der Waals surface area contributed by atoms with Crippen molar-refractivity contribution in [2.45, 2.75) is 32.1 Å². The third-order valence-corrected chi connectivity index (χ3v) is 5.97. The van der Waals surface area contributed by atoms with Gasteiger partial charge in [-0.1, -0.05) is 37.1 Å². The Morgan fingerprint density at radius 1 is 0.828 bits per heavy atom. The Bertz CT molecular complexity index is 1080. The van der Waals surface area contributed by atoms with Gasteiger partial charge in [0.2, 0.25) is 5.82 Å². The summed E-state index contributed by atoms with van der Waals surface area (Å²) < 4.78 is 1.76. The van der Waals surface area contributed by atoms with Gasteiger partial charge in [-0.3, -0.25) is 14.0 Å². The summed E-state index contributed by atoms with van der Waals surface area (Å²) in [5.41, 5.74) is 3.18. The smallest absolute Gasteiger partial charge is 0.294 e. The summed E-state index contributed by atoms with van der Waals surface area (Å²) in [6.07, 6.45) is 7.01. The van der Waals surface area contributed by atoms with E-state index in [4.69, 9.17) is 0 Å². The van der Waals surface area contributed by atoms with Gasteiger partial charge in [-0.05, 0) is 43.0 Å². The molecular formula is C23H24N4O2. The van der Waals surface area contributed by atoms with Crippen LogP contribution in [0.25, 0.3) is 5.52 Å². The lowest BCUT2D eigenvalue weighted by atomic mass is 10.2. The Labute approximate surface area is 169 Å². The average Bonchev–Trinajstić information content (AvgIpc) is 3.25. The molecule has 2 aromatic heterocycles. The normalized spacial score (nSPS) is 16.7. The molecule has 0 N–H and O–H groups in total. The second-order valence-electron chi connectivity index (χ2n) is 7.78. The zero-order valence-electron chi connectivity index (χ0n) is 16.4. The Kier molecular flexibility index (Phi) is 4.54. The van der Waals surface area contributed by atoms with Crippen molar-refractivity contribution in [2.75, 3.05) is 24.5 Å². The lowest BCUT2D eigenvalue weighted by Gasteiger charge is -2.19.